The van der Waals surface area contributed by atoms with Crippen molar-refractivity contribution in [2.24, 2.45) is 5.92 Å². The summed E-state index contributed by atoms with van der Waals surface area (Å²) in [6.07, 6.45) is 1.31. The number of hydrogen-bond acceptors (Lipinski definition) is 5. The van der Waals surface area contributed by atoms with Crippen LogP contribution in [0.1, 0.15) is 16.9 Å². The van der Waals surface area contributed by atoms with Gasteiger partial charge in [-0.15, -0.1) is 0 Å². The van der Waals surface area contributed by atoms with Gasteiger partial charge in [-0.05, 0) is 22.0 Å². The predicted molar refractivity (Wildman–Crippen MR) is 71.4 cm³/mol. The number of halogens is 1. The Bertz CT molecular complexity index is 589. The summed E-state index contributed by atoms with van der Waals surface area (Å²) < 4.78 is 5.19. The van der Waals surface area contributed by atoms with Crippen molar-refractivity contribution < 1.29 is 24.2 Å². The van der Waals surface area contributed by atoms with Crippen molar-refractivity contribution in [2.75, 3.05) is 18.6 Å². The summed E-state index contributed by atoms with van der Waals surface area (Å²) in [5, 5.41) is 8.98. The first-order valence-corrected chi connectivity index (χ1v) is 6.50. The second kappa shape index (κ2) is 5.58. The molecule has 0 aliphatic carbocycles. The zero-order valence-electron chi connectivity index (χ0n) is 10.5. The Balaban J connectivity index is 2.42. The van der Waals surface area contributed by atoms with Gasteiger partial charge < -0.3 is 14.7 Å². The van der Waals surface area contributed by atoms with Crippen molar-refractivity contribution in [2.45, 2.75) is 6.42 Å². The van der Waals surface area contributed by atoms with Crippen LogP contribution in [0.25, 0.3) is 0 Å². The van der Waals surface area contributed by atoms with Crippen LogP contribution >= 0.6 is 15.9 Å². The molecule has 0 spiro atoms. The number of aliphatic carboxylic acids is 1. The van der Waals surface area contributed by atoms with Crippen molar-refractivity contribution in [3.05, 3.63) is 22.4 Å². The minimum atomic E-state index is -1.04. The summed E-state index contributed by atoms with van der Waals surface area (Å²) in [4.78, 5) is 39.8. The van der Waals surface area contributed by atoms with Crippen LogP contribution in [0, 0.1) is 5.92 Å². The van der Waals surface area contributed by atoms with E-state index in [0.717, 1.165) is 0 Å². The highest BCUT2D eigenvalue weighted by Crippen LogP contribution is 2.30. The second-order valence-electron chi connectivity index (χ2n) is 4.26. The Morgan fingerprint density at radius 1 is 1.55 bits per heavy atom. The maximum absolute atomic E-state index is 11.9. The molecular weight excluding hydrogens is 332 g/mol. The normalized spacial score (nSPS) is 18.2. The molecular formula is C12H11BrN2O5. The number of hydrogen-bond donors (Lipinski definition) is 1. The monoisotopic (exact) mass is 342 g/mol. The molecule has 0 saturated carbocycles. The first-order valence-electron chi connectivity index (χ1n) is 5.71. The molecule has 1 aromatic heterocycles. The third kappa shape index (κ3) is 2.64. The van der Waals surface area contributed by atoms with Crippen LogP contribution in [0.15, 0.2) is 16.7 Å². The summed E-state index contributed by atoms with van der Waals surface area (Å²) in [7, 11) is 1.21. The van der Waals surface area contributed by atoms with Crippen LogP contribution in [0.4, 0.5) is 5.69 Å². The molecule has 1 saturated heterocycles. The van der Waals surface area contributed by atoms with Gasteiger partial charge in [0.2, 0.25) is 5.91 Å². The van der Waals surface area contributed by atoms with E-state index in [1.807, 2.05) is 0 Å². The van der Waals surface area contributed by atoms with Gasteiger partial charge in [0.25, 0.3) is 0 Å². The molecule has 7 nitrogen and oxygen atoms in total. The van der Waals surface area contributed by atoms with Crippen LogP contribution in [-0.4, -0.2) is 41.6 Å². The van der Waals surface area contributed by atoms with E-state index in [9.17, 15) is 14.4 Å². The molecule has 2 heterocycles. The lowest BCUT2D eigenvalue weighted by Crippen LogP contribution is -2.28. The molecule has 1 aliphatic heterocycles. The molecule has 8 heteroatoms. The van der Waals surface area contributed by atoms with E-state index in [1.165, 1.54) is 18.2 Å². The number of rotatable bonds is 3. The fourth-order valence-corrected chi connectivity index (χ4v) is 2.31. The van der Waals surface area contributed by atoms with Crippen LogP contribution in [0.2, 0.25) is 0 Å². The van der Waals surface area contributed by atoms with E-state index < -0.39 is 17.9 Å². The molecule has 20 heavy (non-hydrogen) atoms. The van der Waals surface area contributed by atoms with E-state index >= 15 is 0 Å². The van der Waals surface area contributed by atoms with Crippen molar-refractivity contribution in [1.82, 2.24) is 4.98 Å². The molecule has 1 unspecified atom stereocenters. The average Bonchev–Trinajstić information content (AvgIpc) is 2.80. The lowest BCUT2D eigenvalue weighted by atomic mass is 10.1. The zero-order valence-corrected chi connectivity index (χ0v) is 12.1. The van der Waals surface area contributed by atoms with Crippen LogP contribution in [0.3, 0.4) is 0 Å². The number of nitrogens with zero attached hydrogens (tertiary/aromatic N) is 2. The lowest BCUT2D eigenvalue weighted by molar-refractivity contribution is -0.141. The number of esters is 1. The van der Waals surface area contributed by atoms with Gasteiger partial charge in [-0.25, -0.2) is 9.78 Å². The number of carboxylic acids is 1. The molecule has 1 amide bonds. The third-order valence-corrected chi connectivity index (χ3v) is 3.41. The van der Waals surface area contributed by atoms with Gasteiger partial charge in [-0.3, -0.25) is 9.59 Å². The topological polar surface area (TPSA) is 96.8 Å². The van der Waals surface area contributed by atoms with Crippen LogP contribution < -0.4 is 4.90 Å². The van der Waals surface area contributed by atoms with Crippen molar-refractivity contribution >= 4 is 39.5 Å². The molecule has 1 aliphatic rings. The average molecular weight is 343 g/mol. The molecule has 106 valence electrons. The molecule has 1 fully saturated rings. The van der Waals surface area contributed by atoms with Gasteiger partial charge in [-0.2, -0.15) is 0 Å². The van der Waals surface area contributed by atoms with Gasteiger partial charge >= 0.3 is 11.9 Å². The number of aromatic nitrogens is 1. The Morgan fingerprint density at radius 2 is 2.25 bits per heavy atom. The van der Waals surface area contributed by atoms with E-state index in [2.05, 4.69) is 25.7 Å². The molecule has 0 bridgehead atoms. The van der Waals surface area contributed by atoms with Gasteiger partial charge in [-0.1, -0.05) is 0 Å². The summed E-state index contributed by atoms with van der Waals surface area (Å²) in [6, 6.07) is 1.54. The van der Waals surface area contributed by atoms with Crippen molar-refractivity contribution in [3.8, 4) is 0 Å². The van der Waals surface area contributed by atoms with Gasteiger partial charge in [0.1, 0.15) is 0 Å². The maximum atomic E-state index is 11.9. The third-order valence-electron chi connectivity index (χ3n) is 2.98. The second-order valence-corrected chi connectivity index (χ2v) is 5.17. The first kappa shape index (κ1) is 14.4. The summed E-state index contributed by atoms with van der Waals surface area (Å²) in [5.41, 5.74) is 0.232. The number of pyridine rings is 1. The summed E-state index contributed by atoms with van der Waals surface area (Å²) in [5.74, 6) is -2.86. The number of carboxylic acid groups (broad SMARTS) is 1. The van der Waals surface area contributed by atoms with Crippen molar-refractivity contribution in [3.63, 3.8) is 0 Å². The number of ether oxygens (including phenoxy) is 1. The Morgan fingerprint density at radius 3 is 2.80 bits per heavy atom. The van der Waals surface area contributed by atoms with Gasteiger partial charge in [0, 0.05) is 23.6 Å². The largest absolute Gasteiger partial charge is 0.481 e. The fourth-order valence-electron chi connectivity index (χ4n) is 1.99. The molecule has 1 N–H and O–H groups in total. The van der Waals surface area contributed by atoms with Crippen LogP contribution in [0.5, 0.6) is 0 Å². The van der Waals surface area contributed by atoms with Crippen LogP contribution in [-0.2, 0) is 14.3 Å². The highest BCUT2D eigenvalue weighted by atomic mass is 79.9. The summed E-state index contributed by atoms with van der Waals surface area (Å²) >= 11 is 3.21. The SMILES string of the molecule is COC(=O)c1ncc(Br)cc1N1CC(C(=O)O)CC1=O. The minimum absolute atomic E-state index is 0.0102. The van der Waals surface area contributed by atoms with E-state index in [-0.39, 0.29) is 30.3 Å². The number of amides is 1. The molecule has 2 rings (SSSR count). The minimum Gasteiger partial charge on any atom is -0.481 e. The number of methoxy groups -OCH3 is 1. The van der Waals surface area contributed by atoms with E-state index in [0.29, 0.717) is 4.47 Å². The first-order chi connectivity index (χ1) is 9.43. The molecule has 0 aromatic carbocycles. The quantitative estimate of drug-likeness (QED) is 0.825. The Labute approximate surface area is 122 Å². The molecule has 0 radical (unpaired) electrons. The zero-order chi connectivity index (χ0) is 14.9. The highest BCUT2D eigenvalue weighted by molar-refractivity contribution is 9.10. The number of carbonyl (C=O) groups is 3. The standard InChI is InChI=1S/C12H11BrN2O5/c1-20-12(19)10-8(3-7(13)4-14-10)15-5-6(11(17)18)2-9(15)16/h3-4,6H,2,5H2,1H3,(H,17,18). The van der Waals surface area contributed by atoms with Gasteiger partial charge in [0.05, 0.1) is 18.7 Å². The predicted octanol–water partition coefficient (Wildman–Crippen LogP) is 1.07. The van der Waals surface area contributed by atoms with E-state index in [4.69, 9.17) is 5.11 Å². The van der Waals surface area contributed by atoms with Crippen molar-refractivity contribution in [1.29, 1.82) is 0 Å². The smallest absolute Gasteiger partial charge is 0.358 e. The number of carbonyl (C=O) groups excluding carboxylic acids is 2. The maximum Gasteiger partial charge on any atom is 0.358 e. The van der Waals surface area contributed by atoms with E-state index in [1.54, 1.807) is 6.07 Å². The molecule has 1 aromatic rings. The Hall–Kier alpha value is -1.96. The van der Waals surface area contributed by atoms with Gasteiger partial charge in [0.15, 0.2) is 5.69 Å². The Kier molecular flexibility index (Phi) is 4.03. The fraction of sp³-hybridized carbons (Fsp3) is 0.333. The highest BCUT2D eigenvalue weighted by Gasteiger charge is 2.37. The lowest BCUT2D eigenvalue weighted by Gasteiger charge is -2.18. The summed E-state index contributed by atoms with van der Waals surface area (Å²) in [6.45, 7) is 0.0102. The molecule has 1 atom stereocenters. The number of anilines is 1.